The number of rotatable bonds is 1. The van der Waals surface area contributed by atoms with E-state index in [9.17, 15) is 0 Å². The number of nitrogens with one attached hydrogen (secondary N) is 1. The van der Waals surface area contributed by atoms with Crippen molar-refractivity contribution in [3.63, 3.8) is 0 Å². The molecular formula is C7H11NO2. The second-order valence-electron chi connectivity index (χ2n) is 1.77. The van der Waals surface area contributed by atoms with E-state index in [0.717, 1.165) is 5.69 Å². The minimum atomic E-state index is 0. The highest BCUT2D eigenvalue weighted by Crippen LogP contribution is 2.19. The van der Waals surface area contributed by atoms with E-state index >= 15 is 0 Å². The predicted octanol–water partition coefficient (Wildman–Crippen LogP) is 0.609. The number of anilines is 1. The van der Waals surface area contributed by atoms with Gasteiger partial charge in [-0.05, 0) is 12.1 Å². The Labute approximate surface area is 59.6 Å². The summed E-state index contributed by atoms with van der Waals surface area (Å²) in [7, 11) is 1.77. The number of para-hydroxylation sites is 2. The molecule has 56 valence electrons. The second-order valence-corrected chi connectivity index (χ2v) is 1.77. The lowest BCUT2D eigenvalue weighted by atomic mass is 10.3. The molecule has 0 fully saturated rings. The van der Waals surface area contributed by atoms with Crippen LogP contribution in [0, 0.1) is 0 Å². The number of phenolic OH excluding ortho intramolecular Hbond substituents is 1. The third-order valence-corrected chi connectivity index (χ3v) is 1.17. The number of benzene rings is 1. The average Bonchev–Trinajstić information content (AvgIpc) is 1.89. The largest absolute Gasteiger partial charge is 0.506 e. The zero-order valence-electron chi connectivity index (χ0n) is 5.76. The van der Waals surface area contributed by atoms with Gasteiger partial charge in [-0.1, -0.05) is 12.1 Å². The van der Waals surface area contributed by atoms with Gasteiger partial charge in [-0.15, -0.1) is 0 Å². The number of hydrogen-bond acceptors (Lipinski definition) is 2. The van der Waals surface area contributed by atoms with Crippen molar-refractivity contribution in [2.24, 2.45) is 0 Å². The van der Waals surface area contributed by atoms with Crippen LogP contribution in [0.4, 0.5) is 5.69 Å². The molecule has 0 bridgehead atoms. The lowest BCUT2D eigenvalue weighted by molar-refractivity contribution is 0.477. The van der Waals surface area contributed by atoms with Crippen molar-refractivity contribution in [2.75, 3.05) is 12.4 Å². The highest BCUT2D eigenvalue weighted by molar-refractivity contribution is 5.54. The van der Waals surface area contributed by atoms with Crippen LogP contribution in [-0.4, -0.2) is 17.6 Å². The van der Waals surface area contributed by atoms with Gasteiger partial charge in [-0.25, -0.2) is 0 Å². The molecule has 0 unspecified atom stereocenters. The fraction of sp³-hybridized carbons (Fsp3) is 0.143. The normalized spacial score (nSPS) is 8.10. The molecule has 0 saturated heterocycles. The van der Waals surface area contributed by atoms with E-state index in [0.29, 0.717) is 5.75 Å². The number of hydrogen-bond donors (Lipinski definition) is 2. The first-order chi connectivity index (χ1) is 4.34. The van der Waals surface area contributed by atoms with E-state index in [1.165, 1.54) is 0 Å². The van der Waals surface area contributed by atoms with Gasteiger partial charge in [0, 0.05) is 7.05 Å². The van der Waals surface area contributed by atoms with Crippen LogP contribution in [-0.2, 0) is 0 Å². The summed E-state index contributed by atoms with van der Waals surface area (Å²) < 4.78 is 0. The lowest BCUT2D eigenvalue weighted by Gasteiger charge is -1.99. The standard InChI is InChI=1S/C7H9NO.H2O/c1-8-6-4-2-3-5-7(6)9;/h2-5,8-9H,1H3;1H2. The molecule has 1 aromatic rings. The zero-order chi connectivity index (χ0) is 6.69. The van der Waals surface area contributed by atoms with E-state index in [1.807, 2.05) is 12.1 Å². The van der Waals surface area contributed by atoms with E-state index in [4.69, 9.17) is 5.11 Å². The van der Waals surface area contributed by atoms with Crippen LogP contribution in [0.15, 0.2) is 24.3 Å². The van der Waals surface area contributed by atoms with Gasteiger partial charge >= 0.3 is 0 Å². The Morgan fingerprint density at radius 3 is 2.30 bits per heavy atom. The van der Waals surface area contributed by atoms with Gasteiger partial charge in [0.15, 0.2) is 0 Å². The maximum Gasteiger partial charge on any atom is 0.138 e. The Hall–Kier alpha value is -1.22. The van der Waals surface area contributed by atoms with Crippen molar-refractivity contribution < 1.29 is 10.6 Å². The highest BCUT2D eigenvalue weighted by atomic mass is 16.3. The van der Waals surface area contributed by atoms with E-state index < -0.39 is 0 Å². The molecule has 4 N–H and O–H groups in total. The number of aromatic hydroxyl groups is 1. The van der Waals surface area contributed by atoms with Gasteiger partial charge in [0.2, 0.25) is 0 Å². The summed E-state index contributed by atoms with van der Waals surface area (Å²) in [6, 6.07) is 7.11. The summed E-state index contributed by atoms with van der Waals surface area (Å²) in [5.74, 6) is 0.292. The van der Waals surface area contributed by atoms with Crippen LogP contribution in [0.1, 0.15) is 0 Å². The Kier molecular flexibility index (Phi) is 3.28. The average molecular weight is 141 g/mol. The maximum absolute atomic E-state index is 9.05. The van der Waals surface area contributed by atoms with E-state index in [2.05, 4.69) is 5.32 Å². The van der Waals surface area contributed by atoms with Crippen molar-refractivity contribution >= 4 is 5.69 Å². The molecule has 0 aliphatic heterocycles. The van der Waals surface area contributed by atoms with Crippen LogP contribution < -0.4 is 5.32 Å². The maximum atomic E-state index is 9.05. The fourth-order valence-corrected chi connectivity index (χ4v) is 0.685. The summed E-state index contributed by atoms with van der Waals surface area (Å²) in [6.45, 7) is 0. The van der Waals surface area contributed by atoms with Gasteiger partial charge in [0.25, 0.3) is 0 Å². The summed E-state index contributed by atoms with van der Waals surface area (Å²) in [5, 5.41) is 11.9. The molecule has 0 saturated carbocycles. The van der Waals surface area contributed by atoms with Gasteiger partial charge in [0.05, 0.1) is 5.69 Å². The van der Waals surface area contributed by atoms with Crippen LogP contribution >= 0.6 is 0 Å². The van der Waals surface area contributed by atoms with E-state index in [-0.39, 0.29) is 5.48 Å². The summed E-state index contributed by atoms with van der Waals surface area (Å²) in [6.07, 6.45) is 0. The lowest BCUT2D eigenvalue weighted by Crippen LogP contribution is -1.86. The molecule has 3 nitrogen and oxygen atoms in total. The van der Waals surface area contributed by atoms with Crippen molar-refractivity contribution in [1.82, 2.24) is 0 Å². The van der Waals surface area contributed by atoms with Gasteiger partial charge in [-0.3, -0.25) is 0 Å². The second kappa shape index (κ2) is 3.74. The molecule has 0 atom stereocenters. The molecule has 1 aromatic carbocycles. The third-order valence-electron chi connectivity index (χ3n) is 1.17. The molecule has 0 aliphatic rings. The summed E-state index contributed by atoms with van der Waals surface area (Å²) in [4.78, 5) is 0. The first-order valence-corrected chi connectivity index (χ1v) is 2.80. The smallest absolute Gasteiger partial charge is 0.138 e. The van der Waals surface area contributed by atoms with Gasteiger partial charge in [0.1, 0.15) is 5.75 Å². The Balaban J connectivity index is 0.000000810. The van der Waals surface area contributed by atoms with Crippen LogP contribution in [0.2, 0.25) is 0 Å². The minimum absolute atomic E-state index is 0. The molecule has 0 aromatic heterocycles. The van der Waals surface area contributed by atoms with Gasteiger partial charge in [-0.2, -0.15) is 0 Å². The summed E-state index contributed by atoms with van der Waals surface area (Å²) >= 11 is 0. The monoisotopic (exact) mass is 141 g/mol. The SMILES string of the molecule is CNc1ccccc1O.O. The van der Waals surface area contributed by atoms with Crippen molar-refractivity contribution in [2.45, 2.75) is 0 Å². The molecule has 3 heteroatoms. The fourth-order valence-electron chi connectivity index (χ4n) is 0.685. The molecule has 1 rings (SSSR count). The minimum Gasteiger partial charge on any atom is -0.506 e. The molecule has 0 radical (unpaired) electrons. The van der Waals surface area contributed by atoms with E-state index in [1.54, 1.807) is 19.2 Å². The zero-order valence-corrected chi connectivity index (χ0v) is 5.76. The molecule has 10 heavy (non-hydrogen) atoms. The molecule has 0 amide bonds. The van der Waals surface area contributed by atoms with Crippen LogP contribution in [0.25, 0.3) is 0 Å². The van der Waals surface area contributed by atoms with Crippen molar-refractivity contribution in [1.29, 1.82) is 0 Å². The summed E-state index contributed by atoms with van der Waals surface area (Å²) in [5.41, 5.74) is 0.762. The van der Waals surface area contributed by atoms with Crippen molar-refractivity contribution in [3.05, 3.63) is 24.3 Å². The third kappa shape index (κ3) is 1.63. The molecular weight excluding hydrogens is 130 g/mol. The van der Waals surface area contributed by atoms with Crippen LogP contribution in [0.5, 0.6) is 5.75 Å². The Morgan fingerprint density at radius 2 is 1.90 bits per heavy atom. The number of phenols is 1. The Morgan fingerprint density at radius 1 is 1.30 bits per heavy atom. The van der Waals surface area contributed by atoms with Crippen molar-refractivity contribution in [3.8, 4) is 5.75 Å². The topological polar surface area (TPSA) is 63.8 Å². The van der Waals surface area contributed by atoms with Gasteiger partial charge < -0.3 is 15.9 Å². The first kappa shape index (κ1) is 8.78. The first-order valence-electron chi connectivity index (χ1n) is 2.80. The Bertz CT molecular complexity index is 201. The molecule has 0 aliphatic carbocycles. The quantitative estimate of drug-likeness (QED) is 0.563. The molecule has 0 spiro atoms. The molecule has 0 heterocycles. The van der Waals surface area contributed by atoms with Crippen LogP contribution in [0.3, 0.4) is 0 Å². The predicted molar refractivity (Wildman–Crippen MR) is 41.3 cm³/mol. The highest BCUT2D eigenvalue weighted by Gasteiger charge is 1.91.